The van der Waals surface area contributed by atoms with E-state index in [2.05, 4.69) is 23.8 Å². The summed E-state index contributed by atoms with van der Waals surface area (Å²) < 4.78 is 25.6. The number of hydrogen-bond acceptors (Lipinski definition) is 5. The van der Waals surface area contributed by atoms with Crippen molar-refractivity contribution in [2.24, 2.45) is 0 Å². The van der Waals surface area contributed by atoms with E-state index >= 15 is 0 Å². The number of unbranched alkanes of at least 4 members (excludes halogenated alkanes) is 11. The lowest BCUT2D eigenvalue weighted by Crippen LogP contribution is -2.11. The molecule has 5 nitrogen and oxygen atoms in total. The predicted octanol–water partition coefficient (Wildman–Crippen LogP) is 9.53. The molecule has 1 aromatic heterocycles. The summed E-state index contributed by atoms with van der Waals surface area (Å²) in [4.78, 5) is 21.6. The molecule has 0 aliphatic rings. The number of carbonyl (C=O) groups is 1. The summed E-state index contributed by atoms with van der Waals surface area (Å²) in [6.45, 7) is 4.95. The number of aryl methyl sites for hydroxylation is 1. The number of halogens is 1. The van der Waals surface area contributed by atoms with Gasteiger partial charge < -0.3 is 9.47 Å². The summed E-state index contributed by atoms with van der Waals surface area (Å²) >= 11 is 0. The maximum atomic E-state index is 14.6. The zero-order valence-corrected chi connectivity index (χ0v) is 24.3. The third kappa shape index (κ3) is 11.1. The Morgan fingerprint density at radius 1 is 0.725 bits per heavy atom. The van der Waals surface area contributed by atoms with E-state index in [0.717, 1.165) is 36.8 Å². The quantitative estimate of drug-likeness (QED) is 0.0848. The molecule has 0 unspecified atom stereocenters. The molecular formula is C34H45FN2O3. The van der Waals surface area contributed by atoms with Crippen LogP contribution in [0.15, 0.2) is 54.9 Å². The van der Waals surface area contributed by atoms with E-state index in [1.807, 2.05) is 12.4 Å². The smallest absolute Gasteiger partial charge is 0.346 e. The molecule has 0 saturated heterocycles. The molecule has 0 saturated carbocycles. The number of nitrogens with zero attached hydrogens (tertiary/aromatic N) is 2. The molecule has 3 rings (SSSR count). The van der Waals surface area contributed by atoms with Gasteiger partial charge in [0.25, 0.3) is 0 Å². The standard InChI is InChI=1S/C34H45FN2O3/c1-3-5-7-9-10-11-12-14-16-27-25-36-33(37-26-27)28-17-19-29(20-18-28)40-34(38)31-22-21-30(24-32(31)35)39-23-15-13-8-6-4-2/h17-22,24-26H,3-16,23H2,1-2H3. The van der Waals surface area contributed by atoms with Gasteiger partial charge in [0.1, 0.15) is 17.3 Å². The lowest BCUT2D eigenvalue weighted by molar-refractivity contribution is 0.0730. The van der Waals surface area contributed by atoms with Crippen LogP contribution < -0.4 is 9.47 Å². The van der Waals surface area contributed by atoms with Crippen LogP contribution in [-0.4, -0.2) is 22.5 Å². The number of esters is 1. The number of benzene rings is 2. The van der Waals surface area contributed by atoms with Crippen LogP contribution in [0, 0.1) is 5.82 Å². The fraction of sp³-hybridized carbons (Fsp3) is 0.500. The van der Waals surface area contributed by atoms with E-state index in [0.29, 0.717) is 23.9 Å². The van der Waals surface area contributed by atoms with Crippen molar-refractivity contribution in [3.05, 3.63) is 71.8 Å². The first kappa shape index (κ1) is 31.3. The molecule has 40 heavy (non-hydrogen) atoms. The van der Waals surface area contributed by atoms with Gasteiger partial charge in [-0.2, -0.15) is 0 Å². The highest BCUT2D eigenvalue weighted by molar-refractivity contribution is 5.91. The van der Waals surface area contributed by atoms with Crippen LogP contribution in [0.3, 0.4) is 0 Å². The SMILES string of the molecule is CCCCCCCCCCc1cnc(-c2ccc(OC(=O)c3ccc(OCCCCCCC)cc3F)cc2)nc1. The van der Waals surface area contributed by atoms with E-state index in [1.54, 1.807) is 30.3 Å². The number of carbonyl (C=O) groups excluding carboxylic acids is 1. The highest BCUT2D eigenvalue weighted by atomic mass is 19.1. The summed E-state index contributed by atoms with van der Waals surface area (Å²) in [6.07, 6.45) is 20.8. The summed E-state index contributed by atoms with van der Waals surface area (Å²) in [5.41, 5.74) is 1.83. The van der Waals surface area contributed by atoms with Crippen molar-refractivity contribution in [2.45, 2.75) is 104 Å². The Morgan fingerprint density at radius 2 is 1.30 bits per heavy atom. The fourth-order valence-corrected chi connectivity index (χ4v) is 4.58. The van der Waals surface area contributed by atoms with E-state index in [9.17, 15) is 9.18 Å². The van der Waals surface area contributed by atoms with Crippen molar-refractivity contribution in [1.29, 1.82) is 0 Å². The van der Waals surface area contributed by atoms with E-state index in [1.165, 1.54) is 76.3 Å². The molecule has 3 aromatic rings. The first-order valence-electron chi connectivity index (χ1n) is 15.2. The van der Waals surface area contributed by atoms with Gasteiger partial charge in [-0.25, -0.2) is 19.2 Å². The average Bonchev–Trinajstić information content (AvgIpc) is 2.97. The fourth-order valence-electron chi connectivity index (χ4n) is 4.58. The summed E-state index contributed by atoms with van der Waals surface area (Å²) in [6, 6.07) is 11.2. The van der Waals surface area contributed by atoms with E-state index < -0.39 is 11.8 Å². The molecular weight excluding hydrogens is 503 g/mol. The van der Waals surface area contributed by atoms with Gasteiger partial charge in [0.05, 0.1) is 12.2 Å². The Morgan fingerprint density at radius 3 is 1.93 bits per heavy atom. The first-order chi connectivity index (χ1) is 19.6. The van der Waals surface area contributed by atoms with Crippen molar-refractivity contribution in [3.63, 3.8) is 0 Å². The molecule has 1 heterocycles. The minimum Gasteiger partial charge on any atom is -0.493 e. The molecule has 6 heteroatoms. The molecule has 0 radical (unpaired) electrons. The molecule has 0 aliphatic carbocycles. The average molecular weight is 549 g/mol. The zero-order valence-electron chi connectivity index (χ0n) is 24.3. The highest BCUT2D eigenvalue weighted by Gasteiger charge is 2.15. The van der Waals surface area contributed by atoms with Crippen LogP contribution in [0.25, 0.3) is 11.4 Å². The molecule has 216 valence electrons. The topological polar surface area (TPSA) is 61.3 Å². The molecule has 0 atom stereocenters. The Kier molecular flexibility index (Phi) is 14.2. The number of aromatic nitrogens is 2. The van der Waals surface area contributed by atoms with Crippen molar-refractivity contribution < 1.29 is 18.7 Å². The maximum Gasteiger partial charge on any atom is 0.346 e. The summed E-state index contributed by atoms with van der Waals surface area (Å²) in [5.74, 6) is -0.0578. The molecule has 2 aromatic carbocycles. The molecule has 0 N–H and O–H groups in total. The lowest BCUT2D eigenvalue weighted by atomic mass is 10.1. The van der Waals surface area contributed by atoms with Gasteiger partial charge >= 0.3 is 5.97 Å². The van der Waals surface area contributed by atoms with Gasteiger partial charge in [0, 0.05) is 24.0 Å². The van der Waals surface area contributed by atoms with Crippen molar-refractivity contribution in [2.75, 3.05) is 6.61 Å². The normalized spacial score (nSPS) is 11.0. The molecule has 0 fully saturated rings. The summed E-state index contributed by atoms with van der Waals surface area (Å²) in [5, 5.41) is 0. The third-order valence-electron chi connectivity index (χ3n) is 7.02. The minimum atomic E-state index is -0.752. The Hall–Kier alpha value is -3.28. The van der Waals surface area contributed by atoms with Gasteiger partial charge in [0.2, 0.25) is 0 Å². The molecule has 0 amide bonds. The minimum absolute atomic E-state index is 0.130. The maximum absolute atomic E-state index is 14.6. The number of ether oxygens (including phenoxy) is 2. The van der Waals surface area contributed by atoms with Crippen molar-refractivity contribution in [3.8, 4) is 22.9 Å². The van der Waals surface area contributed by atoms with Crippen LogP contribution in [0.1, 0.15) is 113 Å². The predicted molar refractivity (Wildman–Crippen MR) is 159 cm³/mol. The van der Waals surface area contributed by atoms with Gasteiger partial charge in [-0.05, 0) is 61.2 Å². The zero-order chi connectivity index (χ0) is 28.4. The molecule has 0 aliphatic heterocycles. The van der Waals surface area contributed by atoms with Crippen molar-refractivity contribution in [1.82, 2.24) is 9.97 Å². The van der Waals surface area contributed by atoms with Crippen molar-refractivity contribution >= 4 is 5.97 Å². The second-order valence-electron chi connectivity index (χ2n) is 10.5. The van der Waals surface area contributed by atoms with Crippen LogP contribution in [0.2, 0.25) is 0 Å². The largest absolute Gasteiger partial charge is 0.493 e. The second-order valence-corrected chi connectivity index (χ2v) is 10.5. The Labute approximate surface area is 239 Å². The van der Waals surface area contributed by atoms with Crippen LogP contribution in [-0.2, 0) is 6.42 Å². The van der Waals surface area contributed by atoms with Gasteiger partial charge in [-0.3, -0.25) is 0 Å². The molecule has 0 spiro atoms. The van der Waals surface area contributed by atoms with Gasteiger partial charge in [0.15, 0.2) is 5.82 Å². The van der Waals surface area contributed by atoms with Crippen LogP contribution in [0.5, 0.6) is 11.5 Å². The number of rotatable bonds is 19. The Balaban J connectivity index is 1.43. The summed E-state index contributed by atoms with van der Waals surface area (Å²) in [7, 11) is 0. The third-order valence-corrected chi connectivity index (χ3v) is 7.02. The van der Waals surface area contributed by atoms with Crippen LogP contribution in [0.4, 0.5) is 4.39 Å². The molecule has 0 bridgehead atoms. The Bertz CT molecular complexity index is 1130. The van der Waals surface area contributed by atoms with Crippen LogP contribution >= 0.6 is 0 Å². The van der Waals surface area contributed by atoms with E-state index in [-0.39, 0.29) is 5.56 Å². The highest BCUT2D eigenvalue weighted by Crippen LogP contribution is 2.23. The van der Waals surface area contributed by atoms with Gasteiger partial charge in [-0.15, -0.1) is 0 Å². The second kappa shape index (κ2) is 18.1. The monoisotopic (exact) mass is 548 g/mol. The van der Waals surface area contributed by atoms with Gasteiger partial charge in [-0.1, -0.05) is 84.5 Å². The number of hydrogen-bond donors (Lipinski definition) is 0. The first-order valence-corrected chi connectivity index (χ1v) is 15.2. The van der Waals surface area contributed by atoms with E-state index in [4.69, 9.17) is 9.47 Å². The lowest BCUT2D eigenvalue weighted by Gasteiger charge is -2.09.